The first kappa shape index (κ1) is 10.4. The van der Waals surface area contributed by atoms with Gasteiger partial charge in [-0.2, -0.15) is 0 Å². The van der Waals surface area contributed by atoms with Crippen LogP contribution in [0.25, 0.3) is 0 Å². The van der Waals surface area contributed by atoms with Gasteiger partial charge in [-0.3, -0.25) is 0 Å². The molecule has 84 valence electrons. The van der Waals surface area contributed by atoms with E-state index in [2.05, 4.69) is 10.2 Å². The molecular weight excluding hydrogens is 213 g/mol. The van der Waals surface area contributed by atoms with Crippen molar-refractivity contribution in [2.24, 2.45) is 0 Å². The summed E-state index contributed by atoms with van der Waals surface area (Å²) in [5.74, 6) is 0.481. The predicted molar refractivity (Wildman–Crippen MR) is 54.2 cm³/mol. The van der Waals surface area contributed by atoms with Gasteiger partial charge in [0.15, 0.2) is 6.10 Å². The van der Waals surface area contributed by atoms with Gasteiger partial charge in [-0.15, -0.1) is 5.10 Å². The smallest absolute Gasteiger partial charge is 0.312 e. The maximum Gasteiger partial charge on any atom is 0.312 e. The van der Waals surface area contributed by atoms with Gasteiger partial charge in [-0.05, 0) is 31.2 Å². The van der Waals surface area contributed by atoms with Crippen molar-refractivity contribution in [1.29, 1.82) is 0 Å². The lowest BCUT2D eigenvalue weighted by Gasteiger charge is -2.10. The van der Waals surface area contributed by atoms with Crippen molar-refractivity contribution >= 4 is 6.01 Å². The average molecular weight is 223 g/mol. The van der Waals surface area contributed by atoms with E-state index in [9.17, 15) is 4.39 Å². The van der Waals surface area contributed by atoms with E-state index in [0.717, 1.165) is 0 Å². The van der Waals surface area contributed by atoms with E-state index in [4.69, 9.17) is 14.9 Å². The fraction of sp³-hybridized carbons (Fsp3) is 0.200. The summed E-state index contributed by atoms with van der Waals surface area (Å²) in [5, 5.41) is 7.20. The second-order valence-corrected chi connectivity index (χ2v) is 3.19. The quantitative estimate of drug-likeness (QED) is 0.860. The molecule has 6 heteroatoms. The van der Waals surface area contributed by atoms with Crippen LogP contribution in [-0.2, 0) is 0 Å². The van der Waals surface area contributed by atoms with Crippen LogP contribution in [-0.4, -0.2) is 10.2 Å². The molecule has 1 atom stereocenters. The van der Waals surface area contributed by atoms with Crippen LogP contribution in [0.4, 0.5) is 10.4 Å². The molecule has 2 rings (SSSR count). The van der Waals surface area contributed by atoms with Crippen LogP contribution in [0.2, 0.25) is 0 Å². The number of hydrogen-bond acceptors (Lipinski definition) is 5. The summed E-state index contributed by atoms with van der Waals surface area (Å²) >= 11 is 0. The molecule has 1 heterocycles. The van der Waals surface area contributed by atoms with Gasteiger partial charge < -0.3 is 14.9 Å². The van der Waals surface area contributed by atoms with Crippen LogP contribution < -0.4 is 10.5 Å². The Hall–Kier alpha value is -2.11. The molecule has 1 unspecified atom stereocenters. The van der Waals surface area contributed by atoms with E-state index in [-0.39, 0.29) is 17.7 Å². The molecule has 1 aromatic carbocycles. The third-order valence-corrected chi connectivity index (χ3v) is 1.93. The van der Waals surface area contributed by atoms with Crippen LogP contribution in [0.3, 0.4) is 0 Å². The number of benzene rings is 1. The van der Waals surface area contributed by atoms with Crippen molar-refractivity contribution in [2.45, 2.75) is 13.0 Å². The minimum absolute atomic E-state index is 0.00967. The Labute approximate surface area is 91.0 Å². The SMILES string of the molecule is CC(Oc1ccc(F)cc1)c1nnc(N)o1. The third kappa shape index (κ3) is 2.28. The first-order valence-corrected chi connectivity index (χ1v) is 4.66. The molecule has 0 bridgehead atoms. The van der Waals surface area contributed by atoms with Gasteiger partial charge in [0, 0.05) is 0 Å². The third-order valence-electron chi connectivity index (χ3n) is 1.93. The molecule has 2 aromatic rings. The largest absolute Gasteiger partial charge is 0.481 e. The van der Waals surface area contributed by atoms with Crippen molar-refractivity contribution in [3.63, 3.8) is 0 Å². The molecule has 0 spiro atoms. The van der Waals surface area contributed by atoms with Crippen LogP contribution in [0.5, 0.6) is 5.75 Å². The van der Waals surface area contributed by atoms with Crippen LogP contribution in [0, 0.1) is 5.82 Å². The highest BCUT2D eigenvalue weighted by atomic mass is 19.1. The number of nitrogen functional groups attached to an aromatic ring is 1. The minimum Gasteiger partial charge on any atom is -0.481 e. The minimum atomic E-state index is -0.435. The van der Waals surface area contributed by atoms with Crippen molar-refractivity contribution < 1.29 is 13.5 Å². The highest BCUT2D eigenvalue weighted by molar-refractivity contribution is 5.22. The zero-order valence-corrected chi connectivity index (χ0v) is 8.55. The van der Waals surface area contributed by atoms with E-state index in [1.165, 1.54) is 24.3 Å². The zero-order chi connectivity index (χ0) is 11.5. The van der Waals surface area contributed by atoms with Gasteiger partial charge in [0.05, 0.1) is 0 Å². The number of nitrogens with zero attached hydrogens (tertiary/aromatic N) is 2. The fourth-order valence-corrected chi connectivity index (χ4v) is 1.18. The second-order valence-electron chi connectivity index (χ2n) is 3.19. The second kappa shape index (κ2) is 4.18. The van der Waals surface area contributed by atoms with Crippen molar-refractivity contribution in [3.05, 3.63) is 36.0 Å². The number of hydrogen-bond donors (Lipinski definition) is 1. The lowest BCUT2D eigenvalue weighted by Crippen LogP contribution is -2.03. The maximum absolute atomic E-state index is 12.6. The van der Waals surface area contributed by atoms with E-state index >= 15 is 0 Å². The van der Waals surface area contributed by atoms with Crippen molar-refractivity contribution in [1.82, 2.24) is 10.2 Å². The van der Waals surface area contributed by atoms with E-state index < -0.39 is 6.10 Å². The lowest BCUT2D eigenvalue weighted by molar-refractivity contribution is 0.190. The average Bonchev–Trinajstić information content (AvgIpc) is 2.68. The molecule has 2 N–H and O–H groups in total. The number of rotatable bonds is 3. The topological polar surface area (TPSA) is 74.2 Å². The summed E-state index contributed by atoms with van der Waals surface area (Å²) in [6.45, 7) is 1.73. The van der Waals surface area contributed by atoms with Crippen molar-refractivity contribution in [2.75, 3.05) is 5.73 Å². The van der Waals surface area contributed by atoms with Gasteiger partial charge >= 0.3 is 6.01 Å². The van der Waals surface area contributed by atoms with E-state index in [1.54, 1.807) is 6.92 Å². The Morgan fingerprint density at radius 3 is 2.56 bits per heavy atom. The number of halogens is 1. The Morgan fingerprint density at radius 1 is 1.31 bits per heavy atom. The van der Waals surface area contributed by atoms with E-state index in [0.29, 0.717) is 5.75 Å². The fourth-order valence-electron chi connectivity index (χ4n) is 1.18. The molecule has 0 amide bonds. The monoisotopic (exact) mass is 223 g/mol. The molecule has 0 radical (unpaired) electrons. The van der Waals surface area contributed by atoms with Gasteiger partial charge in [-0.1, -0.05) is 5.10 Å². The molecule has 0 aliphatic heterocycles. The Morgan fingerprint density at radius 2 is 2.00 bits per heavy atom. The van der Waals surface area contributed by atoms with Gasteiger partial charge in [0.2, 0.25) is 0 Å². The highest BCUT2D eigenvalue weighted by Crippen LogP contribution is 2.21. The standard InChI is InChI=1S/C10H10FN3O2/c1-6(9-13-14-10(12)16-9)15-8-4-2-7(11)3-5-8/h2-6H,1H3,(H2,12,14). The first-order valence-electron chi connectivity index (χ1n) is 4.66. The molecule has 0 aliphatic rings. The molecule has 0 saturated heterocycles. The summed E-state index contributed by atoms with van der Waals surface area (Å²) in [6, 6.07) is 5.65. The number of ether oxygens (including phenoxy) is 1. The molecule has 1 aromatic heterocycles. The molecule has 0 aliphatic carbocycles. The van der Waals surface area contributed by atoms with Crippen LogP contribution in [0.1, 0.15) is 18.9 Å². The molecular formula is C10H10FN3O2. The number of aromatic nitrogens is 2. The molecule has 16 heavy (non-hydrogen) atoms. The summed E-state index contributed by atoms with van der Waals surface area (Å²) in [4.78, 5) is 0. The Kier molecular flexibility index (Phi) is 2.72. The zero-order valence-electron chi connectivity index (χ0n) is 8.55. The maximum atomic E-state index is 12.6. The Bertz CT molecular complexity index is 469. The summed E-state index contributed by atoms with van der Waals surface area (Å²) in [7, 11) is 0. The summed E-state index contributed by atoms with van der Waals surface area (Å²) < 4.78 is 23.1. The van der Waals surface area contributed by atoms with E-state index in [1.807, 2.05) is 0 Å². The summed E-state index contributed by atoms with van der Waals surface area (Å²) in [6.07, 6.45) is -0.435. The van der Waals surface area contributed by atoms with Gasteiger partial charge in [-0.25, -0.2) is 4.39 Å². The highest BCUT2D eigenvalue weighted by Gasteiger charge is 2.14. The van der Waals surface area contributed by atoms with Crippen LogP contribution in [0.15, 0.2) is 28.7 Å². The normalized spacial score (nSPS) is 12.4. The number of nitrogens with two attached hydrogens (primary N) is 1. The predicted octanol–water partition coefficient (Wildman–Crippen LogP) is 1.93. The Balaban J connectivity index is 2.07. The first-order chi connectivity index (χ1) is 7.65. The molecule has 5 nitrogen and oxygen atoms in total. The van der Waals surface area contributed by atoms with Gasteiger partial charge in [0.1, 0.15) is 11.6 Å². The van der Waals surface area contributed by atoms with Crippen LogP contribution >= 0.6 is 0 Å². The number of anilines is 1. The molecule has 0 saturated carbocycles. The lowest BCUT2D eigenvalue weighted by atomic mass is 10.3. The molecule has 0 fully saturated rings. The van der Waals surface area contributed by atoms with Crippen molar-refractivity contribution in [3.8, 4) is 5.75 Å². The summed E-state index contributed by atoms with van der Waals surface area (Å²) in [5.41, 5.74) is 5.28. The van der Waals surface area contributed by atoms with Gasteiger partial charge in [0.25, 0.3) is 5.89 Å².